The minimum Gasteiger partial charge on any atom is -0.481 e. The molecule has 32 heavy (non-hydrogen) atoms. The number of benzene rings is 1. The van der Waals surface area contributed by atoms with E-state index in [-0.39, 0.29) is 47.0 Å². The van der Waals surface area contributed by atoms with Gasteiger partial charge in [0.1, 0.15) is 5.82 Å². The minimum atomic E-state index is -3.28. The average molecular weight is 508 g/mol. The molecule has 14 heteroatoms. The molecule has 0 radical (unpaired) electrons. The van der Waals surface area contributed by atoms with Crippen LogP contribution in [0.3, 0.4) is 0 Å². The fraction of sp³-hybridized carbons (Fsp3) is 0.444. The van der Waals surface area contributed by atoms with E-state index in [0.717, 1.165) is 17.8 Å². The Morgan fingerprint density at radius 2 is 1.94 bits per heavy atom. The van der Waals surface area contributed by atoms with Crippen LogP contribution in [0.25, 0.3) is 0 Å². The molecule has 0 amide bonds. The van der Waals surface area contributed by atoms with Gasteiger partial charge in [-0.3, -0.25) is 4.72 Å². The van der Waals surface area contributed by atoms with Crippen LogP contribution in [0.15, 0.2) is 29.4 Å². The van der Waals surface area contributed by atoms with Crippen molar-refractivity contribution < 1.29 is 26.1 Å². The van der Waals surface area contributed by atoms with Crippen molar-refractivity contribution in [2.24, 2.45) is 0 Å². The zero-order valence-electron chi connectivity index (χ0n) is 17.5. The Hall–Kier alpha value is -1.87. The van der Waals surface area contributed by atoms with E-state index in [1.807, 2.05) is 0 Å². The molecule has 0 saturated carbocycles. The zero-order valence-corrected chi connectivity index (χ0v) is 19.9. The van der Waals surface area contributed by atoms with Crippen LogP contribution in [0.5, 0.6) is 5.88 Å². The summed E-state index contributed by atoms with van der Waals surface area (Å²) >= 11 is -0.596. The Kier molecular flexibility index (Phi) is 8.38. The lowest BCUT2D eigenvalue weighted by Gasteiger charge is -2.32. The summed E-state index contributed by atoms with van der Waals surface area (Å²) in [5, 5.41) is 0.228. The van der Waals surface area contributed by atoms with E-state index >= 15 is 0 Å². The Balaban J connectivity index is 1.65. The molecule has 1 N–H and O–H groups in total. The smallest absolute Gasteiger partial charge is 0.219 e. The molecule has 1 unspecified atom stereocenters. The van der Waals surface area contributed by atoms with Gasteiger partial charge in [-0.1, -0.05) is 23.9 Å². The van der Waals surface area contributed by atoms with Gasteiger partial charge in [-0.25, -0.2) is 30.7 Å². The molecule has 1 saturated heterocycles. The van der Waals surface area contributed by atoms with Gasteiger partial charge in [0, 0.05) is 43.6 Å². The van der Waals surface area contributed by atoms with Crippen LogP contribution in [-0.2, 0) is 26.9 Å². The number of hydrogen-bond donors (Lipinski definition) is 1. The van der Waals surface area contributed by atoms with Gasteiger partial charge in [-0.15, -0.1) is 0 Å². The third kappa shape index (κ3) is 6.13. The predicted molar refractivity (Wildman–Crippen MR) is 119 cm³/mol. The van der Waals surface area contributed by atoms with Crippen molar-refractivity contribution in [3.8, 4) is 5.88 Å². The third-order valence-corrected chi connectivity index (χ3v) is 8.66. The van der Waals surface area contributed by atoms with Gasteiger partial charge >= 0.3 is 0 Å². The van der Waals surface area contributed by atoms with Crippen LogP contribution in [0.4, 0.5) is 14.6 Å². The number of thioether (sulfide) groups is 1. The highest BCUT2D eigenvalue weighted by Gasteiger charge is 2.28. The summed E-state index contributed by atoms with van der Waals surface area (Å²) in [6.07, 6.45) is 0. The molecule has 1 atom stereocenters. The summed E-state index contributed by atoms with van der Waals surface area (Å²) in [6.45, 7) is 2.67. The molecule has 0 aliphatic carbocycles. The first-order valence-electron chi connectivity index (χ1n) is 9.63. The van der Waals surface area contributed by atoms with Gasteiger partial charge in [0.05, 0.1) is 12.9 Å². The number of methoxy groups -OCH3 is 1. The number of piperazine rings is 1. The molecule has 1 fully saturated rings. The summed E-state index contributed by atoms with van der Waals surface area (Å²) in [7, 11) is -1.87. The molecule has 1 aromatic carbocycles. The van der Waals surface area contributed by atoms with Crippen molar-refractivity contribution in [3.63, 3.8) is 0 Å². The topological polar surface area (TPSA) is 105 Å². The summed E-state index contributed by atoms with van der Waals surface area (Å²) < 4.78 is 74.9. The number of rotatable bonds is 9. The molecule has 0 bridgehead atoms. The molecule has 1 aliphatic heterocycles. The fourth-order valence-electron chi connectivity index (χ4n) is 2.88. The number of halogens is 2. The lowest BCUT2D eigenvalue weighted by molar-refractivity contribution is 0.283. The molecule has 1 aliphatic rings. The summed E-state index contributed by atoms with van der Waals surface area (Å²) in [6, 6.07) is 5.39. The first kappa shape index (κ1) is 24.8. The summed E-state index contributed by atoms with van der Waals surface area (Å²) in [5.41, 5.74) is 0.166. The summed E-state index contributed by atoms with van der Waals surface area (Å²) in [5.74, 6) is -1.31. The zero-order chi connectivity index (χ0) is 23.3. The maximum atomic E-state index is 13.9. The molecule has 0 spiro atoms. The highest BCUT2D eigenvalue weighted by Crippen LogP contribution is 2.26. The van der Waals surface area contributed by atoms with E-state index in [1.54, 1.807) is 11.2 Å². The Bertz CT molecular complexity index is 1080. The second-order valence-corrected chi connectivity index (χ2v) is 11.1. The van der Waals surface area contributed by atoms with Crippen LogP contribution >= 0.6 is 11.8 Å². The molecular formula is C18H23F2N5O4S3. The van der Waals surface area contributed by atoms with Crippen LogP contribution < -0.4 is 9.46 Å². The van der Waals surface area contributed by atoms with Crippen LogP contribution in [-0.4, -0.2) is 70.2 Å². The lowest BCUT2D eigenvalue weighted by atomic mass is 10.2. The maximum Gasteiger partial charge on any atom is 0.219 e. The van der Waals surface area contributed by atoms with Crippen molar-refractivity contribution in [3.05, 3.63) is 41.5 Å². The second kappa shape index (κ2) is 10.8. The van der Waals surface area contributed by atoms with E-state index in [1.165, 1.54) is 29.6 Å². The van der Waals surface area contributed by atoms with E-state index < -0.39 is 32.8 Å². The number of aromatic nitrogens is 2. The van der Waals surface area contributed by atoms with E-state index in [2.05, 4.69) is 14.7 Å². The number of hydrogen-bond acceptors (Lipinski definition) is 7. The number of anilines is 1. The quantitative estimate of drug-likeness (QED) is 0.409. The average Bonchev–Trinajstić information content (AvgIpc) is 2.80. The van der Waals surface area contributed by atoms with E-state index in [9.17, 15) is 21.4 Å². The standard InChI is InChI=1S/C18H23F2N5O4S3/c1-3-32(27,28)25-9-7-24(8-10-25)31(26)23-15-11-16(29-2)22-18(21-15)30-12-13-5-4-6-14(19)17(13)20/h4-6,11H,3,7-10,12H2,1-2H3,(H,21,22,23). The SMILES string of the molecule is CCS(=O)(=O)N1CCN(S(=O)Nc2cc(OC)nc(SCc3cccc(F)c3F)n2)CC1. The summed E-state index contributed by atoms with van der Waals surface area (Å²) in [4.78, 5) is 8.44. The van der Waals surface area contributed by atoms with Crippen LogP contribution in [0.2, 0.25) is 0 Å². The molecule has 1 aromatic heterocycles. The fourth-order valence-corrected chi connectivity index (χ4v) is 5.70. The predicted octanol–water partition coefficient (Wildman–Crippen LogP) is 2.01. The Morgan fingerprint density at radius 1 is 1.22 bits per heavy atom. The van der Waals surface area contributed by atoms with Crippen molar-refractivity contribution in [1.82, 2.24) is 18.6 Å². The number of nitrogens with one attached hydrogen (secondary N) is 1. The Morgan fingerprint density at radius 3 is 2.59 bits per heavy atom. The highest BCUT2D eigenvalue weighted by molar-refractivity contribution is 7.98. The molecular weight excluding hydrogens is 484 g/mol. The van der Waals surface area contributed by atoms with Crippen molar-refractivity contribution in [2.75, 3.05) is 43.8 Å². The van der Waals surface area contributed by atoms with Crippen molar-refractivity contribution >= 4 is 38.8 Å². The van der Waals surface area contributed by atoms with Crippen molar-refractivity contribution in [1.29, 1.82) is 0 Å². The molecule has 2 heterocycles. The molecule has 176 valence electrons. The first-order valence-corrected chi connectivity index (χ1v) is 13.3. The number of sulfonamides is 1. The van der Waals surface area contributed by atoms with Gasteiger partial charge in [0.2, 0.25) is 15.9 Å². The van der Waals surface area contributed by atoms with Gasteiger partial charge in [-0.05, 0) is 13.0 Å². The van der Waals surface area contributed by atoms with Crippen molar-refractivity contribution in [2.45, 2.75) is 17.8 Å². The monoisotopic (exact) mass is 507 g/mol. The minimum absolute atomic E-state index is 0.0229. The van der Waals surface area contributed by atoms with Crippen LogP contribution in [0, 0.1) is 11.6 Å². The van der Waals surface area contributed by atoms with Gasteiger partial charge in [-0.2, -0.15) is 9.29 Å². The maximum absolute atomic E-state index is 13.9. The first-order chi connectivity index (χ1) is 15.2. The van der Waals surface area contributed by atoms with Gasteiger partial charge in [0.25, 0.3) is 0 Å². The van der Waals surface area contributed by atoms with Gasteiger partial charge in [0.15, 0.2) is 28.0 Å². The normalized spacial score (nSPS) is 16.6. The largest absolute Gasteiger partial charge is 0.481 e. The van der Waals surface area contributed by atoms with E-state index in [0.29, 0.717) is 13.1 Å². The third-order valence-electron chi connectivity index (χ3n) is 4.66. The lowest BCUT2D eigenvalue weighted by Crippen LogP contribution is -2.50. The molecule has 3 rings (SSSR count). The molecule has 2 aromatic rings. The van der Waals surface area contributed by atoms with E-state index in [4.69, 9.17) is 4.74 Å². The number of ether oxygens (including phenoxy) is 1. The van der Waals surface area contributed by atoms with Gasteiger partial charge < -0.3 is 4.74 Å². The second-order valence-electron chi connectivity index (χ2n) is 6.66. The number of nitrogens with zero attached hydrogens (tertiary/aromatic N) is 4. The van der Waals surface area contributed by atoms with Crippen LogP contribution in [0.1, 0.15) is 12.5 Å². The Labute approximate surface area is 192 Å². The highest BCUT2D eigenvalue weighted by atomic mass is 32.2. The molecule has 9 nitrogen and oxygen atoms in total.